The lowest BCUT2D eigenvalue weighted by atomic mass is 9.56. The minimum absolute atomic E-state index is 0.112. The first-order valence-corrected chi connectivity index (χ1v) is 16.6. The maximum Gasteiger partial charge on any atom is 0.271 e. The summed E-state index contributed by atoms with van der Waals surface area (Å²) in [6.07, 6.45) is 0.667. The van der Waals surface area contributed by atoms with Crippen LogP contribution in [0.3, 0.4) is 0 Å². The third-order valence-corrected chi connectivity index (χ3v) is 12.2. The number of phenolic OH excluding ortho intramolecular Hbond substituents is 1. The third-order valence-electron chi connectivity index (χ3n) is 10.8. The van der Waals surface area contributed by atoms with Crippen molar-refractivity contribution in [3.05, 3.63) is 117 Å². The summed E-state index contributed by atoms with van der Waals surface area (Å²) >= 11 is 14.4. The summed E-state index contributed by atoms with van der Waals surface area (Å²) in [6.45, 7) is 0. The molecule has 2 heterocycles. The summed E-state index contributed by atoms with van der Waals surface area (Å²) in [5.41, 5.74) is -2.09. The van der Waals surface area contributed by atoms with Crippen molar-refractivity contribution in [3.63, 3.8) is 0 Å². The fraction of sp³-hybridized carbons (Fsp3) is 0.222. The van der Waals surface area contributed by atoms with E-state index in [9.17, 15) is 47.6 Å². The van der Waals surface area contributed by atoms with Crippen molar-refractivity contribution in [1.82, 2.24) is 0 Å². The predicted octanol–water partition coefficient (Wildman–Crippen LogP) is 6.92. The molecule has 1 saturated carbocycles. The van der Waals surface area contributed by atoms with Crippen LogP contribution < -0.4 is 9.80 Å². The minimum Gasteiger partial charge on any atom is -0.507 e. The number of anilines is 2. The maximum absolute atomic E-state index is 15.3. The number of halogens is 7. The molecule has 4 amide bonds. The van der Waals surface area contributed by atoms with Crippen molar-refractivity contribution in [2.75, 3.05) is 9.80 Å². The predicted molar refractivity (Wildman–Crippen MR) is 178 cm³/mol. The van der Waals surface area contributed by atoms with E-state index in [1.807, 2.05) is 0 Å². The molecule has 0 radical (unpaired) electrons. The Morgan fingerprint density at radius 3 is 2.08 bits per heavy atom. The van der Waals surface area contributed by atoms with Crippen molar-refractivity contribution in [2.45, 2.75) is 28.5 Å². The number of aromatic hydroxyl groups is 1. The molecule has 4 aromatic rings. The maximum atomic E-state index is 15.3. The van der Waals surface area contributed by atoms with Crippen LogP contribution in [0.5, 0.6) is 5.75 Å². The van der Waals surface area contributed by atoms with Crippen molar-refractivity contribution >= 4 is 74.7 Å². The second-order valence-corrected chi connectivity index (χ2v) is 14.4. The van der Waals surface area contributed by atoms with Crippen LogP contribution in [0.15, 0.2) is 72.3 Å². The number of carbonyl (C=O) groups is 4. The Bertz CT molecular complexity index is 2420. The molecule has 4 aromatic carbocycles. The average Bonchev–Trinajstić information content (AvgIpc) is 3.48. The lowest BCUT2D eigenvalue weighted by Gasteiger charge is -2.51. The number of allylic oxidation sites excluding steroid dienone is 2. The van der Waals surface area contributed by atoms with Gasteiger partial charge in [-0.1, -0.05) is 48.0 Å². The Balaban J connectivity index is 1.35. The molecular weight excluding hydrogens is 752 g/mol. The zero-order valence-corrected chi connectivity index (χ0v) is 28.0. The Morgan fingerprint density at radius 1 is 0.774 bits per heavy atom. The molecule has 2 aliphatic carbocycles. The molecule has 1 N–H and O–H groups in total. The summed E-state index contributed by atoms with van der Waals surface area (Å²) < 4.78 is 73.8. The highest BCUT2D eigenvalue weighted by Gasteiger charge is 2.77. The number of carbonyl (C=O) groups excluding carboxylic acids is 4. The van der Waals surface area contributed by atoms with Gasteiger partial charge in [-0.3, -0.25) is 29.3 Å². The largest absolute Gasteiger partial charge is 0.507 e. The number of alkyl halides is 2. The molecule has 0 unspecified atom stereocenters. The van der Waals surface area contributed by atoms with Gasteiger partial charge in [0.1, 0.15) is 11.4 Å². The molecule has 2 aliphatic heterocycles. The van der Waals surface area contributed by atoms with Crippen LogP contribution in [0, 0.1) is 57.0 Å². The summed E-state index contributed by atoms with van der Waals surface area (Å²) in [6, 6.07) is 13.6. The van der Waals surface area contributed by atoms with Crippen molar-refractivity contribution in [1.29, 1.82) is 0 Å². The first kappa shape index (κ1) is 34.7. The summed E-state index contributed by atoms with van der Waals surface area (Å²) in [7, 11) is 0. The quantitative estimate of drug-likeness (QED) is 0.0348. The van der Waals surface area contributed by atoms with E-state index in [-0.39, 0.29) is 44.7 Å². The number of nitro groups is 1. The molecule has 3 fully saturated rings. The number of imide groups is 2. The molecule has 270 valence electrons. The van der Waals surface area contributed by atoms with E-state index in [2.05, 4.69) is 0 Å². The van der Waals surface area contributed by atoms with Crippen LogP contribution in [0.1, 0.15) is 24.3 Å². The number of amides is 4. The van der Waals surface area contributed by atoms with Gasteiger partial charge >= 0.3 is 0 Å². The van der Waals surface area contributed by atoms with Crippen LogP contribution in [0.4, 0.5) is 39.0 Å². The van der Waals surface area contributed by atoms with Gasteiger partial charge in [0.05, 0.1) is 22.4 Å². The number of phenols is 1. The van der Waals surface area contributed by atoms with Crippen molar-refractivity contribution in [2.24, 2.45) is 17.8 Å². The van der Waals surface area contributed by atoms with E-state index in [0.717, 1.165) is 17.0 Å². The monoisotopic (exact) mass is 771 g/mol. The second kappa shape index (κ2) is 11.5. The van der Waals surface area contributed by atoms with Gasteiger partial charge in [0.15, 0.2) is 33.0 Å². The van der Waals surface area contributed by atoms with E-state index in [1.165, 1.54) is 42.5 Å². The Hall–Kier alpha value is -5.41. The molecule has 17 heteroatoms. The van der Waals surface area contributed by atoms with Gasteiger partial charge in [-0.05, 0) is 41.8 Å². The number of fused-ring (bicyclic) bond motifs is 5. The third kappa shape index (κ3) is 4.37. The van der Waals surface area contributed by atoms with E-state index >= 15 is 8.78 Å². The lowest BCUT2D eigenvalue weighted by molar-refractivity contribution is -0.384. The molecular formula is C36H20Cl2F5N3O7. The van der Waals surface area contributed by atoms with Gasteiger partial charge in [0.2, 0.25) is 17.6 Å². The van der Waals surface area contributed by atoms with Gasteiger partial charge in [0, 0.05) is 23.4 Å². The van der Waals surface area contributed by atoms with Crippen LogP contribution >= 0.6 is 23.2 Å². The molecule has 53 heavy (non-hydrogen) atoms. The Kier molecular flexibility index (Phi) is 7.55. The van der Waals surface area contributed by atoms with Crippen LogP contribution in [-0.2, 0) is 19.2 Å². The average molecular weight is 772 g/mol. The second-order valence-electron chi connectivity index (χ2n) is 13.2. The van der Waals surface area contributed by atoms with Gasteiger partial charge in [-0.25, -0.2) is 31.8 Å². The normalized spacial score (nSPS) is 27.9. The molecule has 6 atom stereocenters. The standard InChI is InChI=1S/C36H20Cl2F5N3O7/c37-35-13-21-19(8-9-20-23(21)32(49)44(31(20)48)14-4-3-5-15(12-14)46(52)53)24(18-10-11-22(47)17-7-2-1-6-16(17)18)36(35,38)34(51)45(33(35)50)30-28(42)26(40)25(39)27(41)29(30)43/h1-8,10-12,20-21,23-24,47H,9,13H2/t20-,21+,23-,24-,35+,36-/m0/s1. The fourth-order valence-corrected chi connectivity index (χ4v) is 9.40. The van der Waals surface area contributed by atoms with Crippen LogP contribution in [-0.4, -0.2) is 43.4 Å². The van der Waals surface area contributed by atoms with E-state index in [4.69, 9.17) is 23.2 Å². The SMILES string of the molecule is O=C1[C@H]2[C@H](CC=C3[C@H]2C[C@@]2(Cl)C(=O)N(c4c(F)c(F)c(F)c(F)c4F)C(=O)[C@@]2(Cl)[C@H]3c2ccc(O)c3ccccc23)C(=O)N1c1cccc([N+](=O)[O-])c1. The summed E-state index contributed by atoms with van der Waals surface area (Å²) in [4.78, 5) is 63.0. The molecule has 0 aromatic heterocycles. The smallest absolute Gasteiger partial charge is 0.271 e. The number of hydrogen-bond donors (Lipinski definition) is 1. The van der Waals surface area contributed by atoms with Crippen LogP contribution in [0.25, 0.3) is 10.8 Å². The van der Waals surface area contributed by atoms with Crippen molar-refractivity contribution < 1.29 is 51.2 Å². The van der Waals surface area contributed by atoms with Gasteiger partial charge < -0.3 is 5.11 Å². The summed E-state index contributed by atoms with van der Waals surface area (Å²) in [5.74, 6) is -22.7. The number of nitrogens with zero attached hydrogens (tertiary/aromatic N) is 3. The van der Waals surface area contributed by atoms with Crippen molar-refractivity contribution in [3.8, 4) is 5.75 Å². The van der Waals surface area contributed by atoms with Gasteiger partial charge in [0.25, 0.3) is 17.5 Å². The molecule has 2 saturated heterocycles. The number of nitro benzene ring substituents is 1. The van der Waals surface area contributed by atoms with E-state index in [1.54, 1.807) is 12.1 Å². The van der Waals surface area contributed by atoms with Gasteiger partial charge in [-0.2, -0.15) is 0 Å². The molecule has 8 rings (SSSR count). The number of rotatable bonds is 4. The highest BCUT2D eigenvalue weighted by atomic mass is 35.5. The highest BCUT2D eigenvalue weighted by molar-refractivity contribution is 6.58. The zero-order valence-electron chi connectivity index (χ0n) is 26.5. The first-order valence-electron chi connectivity index (χ1n) is 15.9. The van der Waals surface area contributed by atoms with E-state index in [0.29, 0.717) is 0 Å². The Morgan fingerprint density at radius 2 is 1.42 bits per heavy atom. The lowest BCUT2D eigenvalue weighted by Crippen LogP contribution is -2.60. The molecule has 4 aliphatic rings. The number of benzene rings is 4. The zero-order chi connectivity index (χ0) is 38.0. The van der Waals surface area contributed by atoms with Crippen LogP contribution in [0.2, 0.25) is 0 Å². The summed E-state index contributed by atoms with van der Waals surface area (Å²) in [5, 5.41) is 22.7. The number of hydrogen-bond acceptors (Lipinski definition) is 7. The van der Waals surface area contributed by atoms with E-state index < -0.39 is 109 Å². The topological polar surface area (TPSA) is 138 Å². The number of non-ortho nitro benzene ring substituents is 1. The van der Waals surface area contributed by atoms with Gasteiger partial charge in [-0.15, -0.1) is 23.2 Å². The fourth-order valence-electron chi connectivity index (χ4n) is 8.47. The minimum atomic E-state index is -2.76. The first-order chi connectivity index (χ1) is 25.1. The molecule has 0 bridgehead atoms. The highest BCUT2D eigenvalue weighted by Crippen LogP contribution is 2.66. The molecule has 0 spiro atoms. The Labute approximate surface area is 304 Å². The molecule has 10 nitrogen and oxygen atoms in total.